The lowest BCUT2D eigenvalue weighted by Gasteiger charge is -2.23. The summed E-state index contributed by atoms with van der Waals surface area (Å²) in [4.78, 5) is 0. The van der Waals surface area contributed by atoms with Gasteiger partial charge in [0.15, 0.2) is 0 Å². The van der Waals surface area contributed by atoms with Gasteiger partial charge in [0, 0.05) is 0 Å². The molecule has 0 amide bonds. The van der Waals surface area contributed by atoms with Crippen molar-refractivity contribution in [1.29, 1.82) is 0 Å². The van der Waals surface area contributed by atoms with Crippen LogP contribution in [-0.2, 0) is 12.8 Å². The first-order valence-electron chi connectivity index (χ1n) is 1.57. The van der Waals surface area contributed by atoms with Crippen molar-refractivity contribution < 1.29 is 0 Å². The minimum absolute atomic E-state index is 0.157. The molecule has 7 heavy (non-hydrogen) atoms. The summed E-state index contributed by atoms with van der Waals surface area (Å²) >= 11 is 8.96. The zero-order chi connectivity index (χ0) is 5.86. The van der Waals surface area contributed by atoms with Crippen LogP contribution in [-0.4, -0.2) is 9.42 Å². The monoisotopic (exact) mass is 133 g/mol. The highest BCUT2D eigenvalue weighted by molar-refractivity contribution is 7.81. The Balaban J connectivity index is 3.55. The van der Waals surface area contributed by atoms with Crippen molar-refractivity contribution in [3.8, 4) is 0 Å². The van der Waals surface area contributed by atoms with Crippen molar-refractivity contribution in [2.45, 2.75) is 0 Å². The lowest BCUT2D eigenvalue weighted by atomic mass is 10.9. The third-order valence-corrected chi connectivity index (χ3v) is 1.04. The summed E-state index contributed by atoms with van der Waals surface area (Å²) < 4.78 is 1.15. The maximum absolute atomic E-state index is 5.03. The van der Waals surface area contributed by atoms with E-state index in [1.54, 1.807) is 0 Å². The molecular formula is C3H5N2S2-. The van der Waals surface area contributed by atoms with Gasteiger partial charge < -0.3 is 22.9 Å². The minimum Gasteiger partial charge on any atom is -0.659 e. The van der Waals surface area contributed by atoms with Gasteiger partial charge in [-0.25, -0.2) is 0 Å². The number of nitrogens with two attached hydrogens (primary N) is 1. The molecule has 0 saturated heterocycles. The number of nitrogens with zero attached hydrogens (tertiary/aromatic N) is 1. The van der Waals surface area contributed by atoms with Gasteiger partial charge >= 0.3 is 0 Å². The molecule has 2 nitrogen and oxygen atoms in total. The summed E-state index contributed by atoms with van der Waals surface area (Å²) in [5.74, 6) is 0. The fourth-order valence-electron chi connectivity index (χ4n) is 0.0900. The summed E-state index contributed by atoms with van der Waals surface area (Å²) in [7, 11) is 0. The molecule has 4 heteroatoms. The summed E-state index contributed by atoms with van der Waals surface area (Å²) in [5, 5.41) is 0.157. The second-order valence-corrected chi connectivity index (χ2v) is 1.66. The van der Waals surface area contributed by atoms with Crippen molar-refractivity contribution in [2.24, 2.45) is 5.73 Å². The maximum Gasteiger partial charge on any atom is 0.147 e. The molecule has 2 N–H and O–H groups in total. The predicted molar refractivity (Wildman–Crippen MR) is 36.2 cm³/mol. The van der Waals surface area contributed by atoms with Gasteiger partial charge in [0.05, 0.1) is 0 Å². The largest absolute Gasteiger partial charge is 0.659 e. The van der Waals surface area contributed by atoms with Gasteiger partial charge in [-0.3, -0.25) is 0 Å². The van der Waals surface area contributed by atoms with E-state index in [1.165, 1.54) is 6.20 Å². The molecule has 0 fully saturated rings. The SMILES string of the molecule is C=CN([S-])C(N)=S. The topological polar surface area (TPSA) is 29.3 Å². The third kappa shape index (κ3) is 2.47. The van der Waals surface area contributed by atoms with Crippen LogP contribution in [0.1, 0.15) is 0 Å². The molecule has 0 aromatic rings. The molecule has 0 aliphatic carbocycles. The van der Waals surface area contributed by atoms with Crippen LogP contribution in [0.3, 0.4) is 0 Å². The molecule has 0 aromatic carbocycles. The number of thiocarbonyl (C=S) groups is 1. The lowest BCUT2D eigenvalue weighted by Crippen LogP contribution is -2.24. The highest BCUT2D eigenvalue weighted by atomic mass is 32.1. The first-order chi connectivity index (χ1) is 3.18. The van der Waals surface area contributed by atoms with Crippen molar-refractivity contribution in [2.75, 3.05) is 0 Å². The van der Waals surface area contributed by atoms with Gasteiger partial charge in [-0.05, 0) is 18.4 Å². The van der Waals surface area contributed by atoms with E-state index in [9.17, 15) is 0 Å². The summed E-state index contributed by atoms with van der Waals surface area (Å²) in [6, 6.07) is 0. The van der Waals surface area contributed by atoms with E-state index < -0.39 is 0 Å². The van der Waals surface area contributed by atoms with Crippen molar-refractivity contribution >= 4 is 30.1 Å². The summed E-state index contributed by atoms with van der Waals surface area (Å²) in [5.41, 5.74) is 5.03. The van der Waals surface area contributed by atoms with E-state index in [4.69, 9.17) is 5.73 Å². The van der Waals surface area contributed by atoms with E-state index in [0.29, 0.717) is 0 Å². The molecule has 0 atom stereocenters. The summed E-state index contributed by atoms with van der Waals surface area (Å²) in [6.07, 6.45) is 1.37. The normalized spacial score (nSPS) is 7.57. The van der Waals surface area contributed by atoms with E-state index in [2.05, 4.69) is 31.6 Å². The Kier molecular flexibility index (Phi) is 2.78. The van der Waals surface area contributed by atoms with Gasteiger partial charge in [-0.1, -0.05) is 6.58 Å². The van der Waals surface area contributed by atoms with Crippen molar-refractivity contribution in [3.63, 3.8) is 0 Å². The van der Waals surface area contributed by atoms with Gasteiger partial charge in [0.1, 0.15) is 5.11 Å². The first-order valence-corrected chi connectivity index (χ1v) is 2.34. The second kappa shape index (κ2) is 2.87. The Morgan fingerprint density at radius 1 is 2.00 bits per heavy atom. The van der Waals surface area contributed by atoms with Crippen LogP contribution < -0.4 is 5.73 Å². The predicted octanol–water partition coefficient (Wildman–Crippen LogP) is 0.137. The van der Waals surface area contributed by atoms with Crippen LogP contribution in [0.25, 0.3) is 0 Å². The smallest absolute Gasteiger partial charge is 0.147 e. The molecule has 0 bridgehead atoms. The minimum atomic E-state index is 0.157. The third-order valence-electron chi connectivity index (χ3n) is 0.383. The quantitative estimate of drug-likeness (QED) is 0.407. The molecule has 0 saturated carbocycles. The number of rotatable bonds is 1. The van der Waals surface area contributed by atoms with Crippen molar-refractivity contribution in [3.05, 3.63) is 12.8 Å². The Hall–Kier alpha value is -0.220. The highest BCUT2D eigenvalue weighted by Crippen LogP contribution is 1.79. The first kappa shape index (κ1) is 6.78. The van der Waals surface area contributed by atoms with Gasteiger partial charge in [-0.2, -0.15) is 0 Å². The summed E-state index contributed by atoms with van der Waals surface area (Å²) in [6.45, 7) is 3.34. The maximum atomic E-state index is 5.03. The fourth-order valence-corrected chi connectivity index (χ4v) is 0.165. The van der Waals surface area contributed by atoms with Crippen LogP contribution in [0, 0.1) is 0 Å². The molecule has 0 rings (SSSR count). The van der Waals surface area contributed by atoms with E-state index >= 15 is 0 Å². The van der Waals surface area contributed by atoms with Crippen LogP contribution >= 0.6 is 12.2 Å². The second-order valence-electron chi connectivity index (χ2n) is 0.847. The molecule has 0 aliphatic heterocycles. The molecule has 0 heterocycles. The lowest BCUT2D eigenvalue weighted by molar-refractivity contribution is 0.951. The van der Waals surface area contributed by atoms with E-state index in [0.717, 1.165) is 4.31 Å². The highest BCUT2D eigenvalue weighted by Gasteiger charge is 1.76. The van der Waals surface area contributed by atoms with E-state index in [1.807, 2.05) is 0 Å². The number of hydrogen-bond acceptors (Lipinski definition) is 2. The number of hydrogen-bond donors (Lipinski definition) is 1. The fraction of sp³-hybridized carbons (Fsp3) is 0. The Bertz CT molecular complexity index is 90.9. The van der Waals surface area contributed by atoms with Gasteiger partial charge in [-0.15, -0.1) is 0 Å². The van der Waals surface area contributed by atoms with Crippen LogP contribution in [0.15, 0.2) is 12.8 Å². The Labute approximate surface area is 53.5 Å². The van der Waals surface area contributed by atoms with Crippen molar-refractivity contribution in [1.82, 2.24) is 4.31 Å². The molecule has 40 valence electrons. The van der Waals surface area contributed by atoms with Crippen LogP contribution in [0.2, 0.25) is 0 Å². The van der Waals surface area contributed by atoms with Crippen LogP contribution in [0.5, 0.6) is 0 Å². The zero-order valence-electron chi connectivity index (χ0n) is 3.63. The van der Waals surface area contributed by atoms with Gasteiger partial charge in [0.25, 0.3) is 0 Å². The average Bonchev–Trinajstić information content (AvgIpc) is 1.65. The molecule has 0 unspecified atom stereocenters. The molecular weight excluding hydrogens is 128 g/mol. The van der Waals surface area contributed by atoms with Gasteiger partial charge in [0.2, 0.25) is 0 Å². The molecule has 0 radical (unpaired) electrons. The van der Waals surface area contributed by atoms with Crippen LogP contribution in [0.4, 0.5) is 0 Å². The average molecular weight is 133 g/mol. The Morgan fingerprint density at radius 3 is 2.43 bits per heavy atom. The standard InChI is InChI=1S/C3H5N2S2/c1-2-5(7)3(4)6/h2H,1H2,(H2,4,6)/q-1. The molecule has 0 spiro atoms. The molecule has 0 aliphatic rings. The Morgan fingerprint density at radius 2 is 2.43 bits per heavy atom. The zero-order valence-corrected chi connectivity index (χ0v) is 5.26. The molecule has 0 aromatic heterocycles. The van der Waals surface area contributed by atoms with E-state index in [-0.39, 0.29) is 5.11 Å².